The number of piperidine rings is 2. The van der Waals surface area contributed by atoms with Crippen molar-refractivity contribution in [3.05, 3.63) is 39.9 Å². The number of hydrogen-bond acceptors (Lipinski definition) is 5. The van der Waals surface area contributed by atoms with Crippen LogP contribution >= 0.6 is 11.8 Å². The Morgan fingerprint density at radius 1 is 1.30 bits per heavy atom. The first-order valence-corrected chi connectivity index (χ1v) is 10.6. The first kappa shape index (κ1) is 17.2. The highest BCUT2D eigenvalue weighted by Crippen LogP contribution is 2.73. The zero-order chi connectivity index (χ0) is 19.0. The zero-order valence-corrected chi connectivity index (χ0v) is 16.0. The molecule has 2 bridgehead atoms. The number of nitrogens with zero attached hydrogens (tertiary/aromatic N) is 2. The second-order valence-corrected chi connectivity index (χ2v) is 9.54. The Balaban J connectivity index is 1.74. The van der Waals surface area contributed by atoms with E-state index in [4.69, 9.17) is 0 Å². The lowest BCUT2D eigenvalue weighted by atomic mass is 9.62. The molecule has 0 N–H and O–H groups in total. The maximum absolute atomic E-state index is 13.4. The molecule has 0 radical (unpaired) electrons. The number of thioether (sulfide) groups is 1. The van der Waals surface area contributed by atoms with Crippen molar-refractivity contribution in [3.8, 4) is 0 Å². The molecule has 6 nitrogen and oxygen atoms in total. The van der Waals surface area contributed by atoms with E-state index in [1.165, 1.54) is 17.8 Å². The summed E-state index contributed by atoms with van der Waals surface area (Å²) in [6.45, 7) is 2.87. The van der Waals surface area contributed by atoms with Crippen molar-refractivity contribution in [2.45, 2.75) is 49.8 Å². The molecule has 5 atom stereocenters. The van der Waals surface area contributed by atoms with Crippen molar-refractivity contribution >= 4 is 28.5 Å². The molecule has 0 aromatic heterocycles. The highest BCUT2D eigenvalue weighted by molar-refractivity contribution is 8.15. The van der Waals surface area contributed by atoms with Crippen molar-refractivity contribution in [2.24, 2.45) is 17.3 Å². The number of rotatable bonds is 3. The van der Waals surface area contributed by atoms with Gasteiger partial charge in [0.25, 0.3) is 5.69 Å². The van der Waals surface area contributed by atoms with Gasteiger partial charge in [0.1, 0.15) is 10.8 Å². The Morgan fingerprint density at radius 2 is 2.07 bits per heavy atom. The summed E-state index contributed by atoms with van der Waals surface area (Å²) in [6, 6.07) is 6.69. The minimum Gasteiger partial charge on any atom is -0.326 e. The van der Waals surface area contributed by atoms with E-state index in [1.54, 1.807) is 18.2 Å². The molecule has 1 aliphatic carbocycles. The van der Waals surface area contributed by atoms with Gasteiger partial charge in [0.05, 0.1) is 4.92 Å². The SMILES string of the molecule is CC[C@@]12CCCN3C(=O)C4C(=O)SC31C(CC2)[C@@H]4c1ccccc1[N+](=O)[O-]. The van der Waals surface area contributed by atoms with Gasteiger partial charge >= 0.3 is 0 Å². The van der Waals surface area contributed by atoms with Gasteiger partial charge in [0.2, 0.25) is 11.0 Å². The molecule has 6 rings (SSSR count). The van der Waals surface area contributed by atoms with Crippen LogP contribution in [0.4, 0.5) is 5.69 Å². The third-order valence-corrected chi connectivity index (χ3v) is 9.36. The van der Waals surface area contributed by atoms with E-state index in [9.17, 15) is 19.7 Å². The Morgan fingerprint density at radius 3 is 2.81 bits per heavy atom. The summed E-state index contributed by atoms with van der Waals surface area (Å²) < 4.78 is 0. The lowest BCUT2D eigenvalue weighted by Gasteiger charge is -2.65. The second kappa shape index (κ2) is 5.56. The molecule has 4 heterocycles. The van der Waals surface area contributed by atoms with Crippen LogP contribution in [0, 0.1) is 27.4 Å². The number of amides is 1. The second-order valence-electron chi connectivity index (χ2n) is 8.31. The lowest BCUT2D eigenvalue weighted by molar-refractivity contribution is -0.385. The van der Waals surface area contributed by atoms with Gasteiger partial charge in [-0.15, -0.1) is 0 Å². The molecule has 27 heavy (non-hydrogen) atoms. The van der Waals surface area contributed by atoms with E-state index in [1.807, 2.05) is 4.90 Å². The average molecular weight is 386 g/mol. The number of fused-ring (bicyclic) bond motifs is 1. The average Bonchev–Trinajstić information content (AvgIpc) is 3.00. The molecule has 5 fully saturated rings. The zero-order valence-electron chi connectivity index (χ0n) is 15.2. The van der Waals surface area contributed by atoms with Gasteiger partial charge < -0.3 is 4.90 Å². The van der Waals surface area contributed by atoms with Crippen molar-refractivity contribution < 1.29 is 14.5 Å². The van der Waals surface area contributed by atoms with Gasteiger partial charge in [-0.2, -0.15) is 0 Å². The van der Waals surface area contributed by atoms with Crippen LogP contribution < -0.4 is 0 Å². The van der Waals surface area contributed by atoms with Gasteiger partial charge in [-0.05, 0) is 32.1 Å². The standard InChI is InChI=1S/C20H22N2O4S/c1-2-19-9-5-11-21-17(23)16-15(12-6-3-4-7-14(12)22(25)26)13(8-10-19)20(19,21)27-18(16)24/h3-4,6-7,13,15-16H,2,5,8-11H2,1H3/t13?,15-,16?,19-,20?/m0/s1. The first-order valence-electron chi connectivity index (χ1n) is 9.74. The first-order chi connectivity index (χ1) is 13.0. The summed E-state index contributed by atoms with van der Waals surface area (Å²) in [5.41, 5.74) is 0.545. The molecule has 1 aromatic carbocycles. The molecule has 4 aliphatic heterocycles. The van der Waals surface area contributed by atoms with E-state index >= 15 is 0 Å². The minimum absolute atomic E-state index is 0.0356. The maximum atomic E-state index is 13.4. The van der Waals surface area contributed by atoms with Gasteiger partial charge in [0, 0.05) is 35.4 Å². The van der Waals surface area contributed by atoms with Crippen molar-refractivity contribution in [1.82, 2.24) is 4.90 Å². The molecular weight excluding hydrogens is 364 g/mol. The highest BCUT2D eigenvalue weighted by atomic mass is 32.2. The molecule has 7 heteroatoms. The molecule has 1 amide bonds. The normalized spacial score (nSPS) is 39.6. The maximum Gasteiger partial charge on any atom is 0.272 e. The molecule has 142 valence electrons. The van der Waals surface area contributed by atoms with E-state index < -0.39 is 10.8 Å². The Hall–Kier alpha value is -1.89. The molecule has 1 aromatic rings. The van der Waals surface area contributed by atoms with Crippen LogP contribution in [-0.2, 0) is 9.59 Å². The third-order valence-electron chi connectivity index (χ3n) is 7.64. The van der Waals surface area contributed by atoms with Gasteiger partial charge in [0.15, 0.2) is 0 Å². The number of para-hydroxylation sites is 1. The fourth-order valence-corrected chi connectivity index (χ4v) is 8.58. The number of carbonyl (C=O) groups excluding carboxylic acids is 2. The van der Waals surface area contributed by atoms with E-state index in [-0.39, 0.29) is 38.9 Å². The topological polar surface area (TPSA) is 80.5 Å². The quantitative estimate of drug-likeness (QED) is 0.449. The molecule has 4 saturated heterocycles. The minimum atomic E-state index is -0.784. The molecular formula is C20H22N2O4S. The lowest BCUT2D eigenvalue weighted by Crippen LogP contribution is -2.73. The van der Waals surface area contributed by atoms with E-state index in [2.05, 4.69) is 6.92 Å². The van der Waals surface area contributed by atoms with E-state index in [0.29, 0.717) is 12.1 Å². The molecule has 5 aliphatic rings. The predicted molar refractivity (Wildman–Crippen MR) is 101 cm³/mol. The fourth-order valence-electron chi connectivity index (χ4n) is 6.62. The Kier molecular flexibility index (Phi) is 3.55. The van der Waals surface area contributed by atoms with Gasteiger partial charge in [-0.3, -0.25) is 19.7 Å². The number of nitro benzene ring substituents is 1. The Labute approximate surface area is 161 Å². The van der Waals surface area contributed by atoms with Crippen LogP contribution in [0.5, 0.6) is 0 Å². The van der Waals surface area contributed by atoms with Crippen LogP contribution in [0.25, 0.3) is 0 Å². The summed E-state index contributed by atoms with van der Waals surface area (Å²) in [6.07, 6.45) is 4.85. The van der Waals surface area contributed by atoms with Crippen molar-refractivity contribution in [1.29, 1.82) is 0 Å². The van der Waals surface area contributed by atoms with Crippen molar-refractivity contribution in [3.63, 3.8) is 0 Å². The van der Waals surface area contributed by atoms with Crippen LogP contribution in [-0.4, -0.2) is 32.3 Å². The van der Waals surface area contributed by atoms with Crippen LogP contribution in [0.3, 0.4) is 0 Å². The van der Waals surface area contributed by atoms with Crippen molar-refractivity contribution in [2.75, 3.05) is 6.54 Å². The van der Waals surface area contributed by atoms with Gasteiger partial charge in [-0.1, -0.05) is 36.9 Å². The highest BCUT2D eigenvalue weighted by Gasteiger charge is 2.75. The smallest absolute Gasteiger partial charge is 0.272 e. The number of carbonyl (C=O) groups is 2. The van der Waals surface area contributed by atoms with Crippen LogP contribution in [0.1, 0.15) is 50.5 Å². The summed E-state index contributed by atoms with van der Waals surface area (Å²) in [5, 5.41) is 11.6. The predicted octanol–water partition coefficient (Wildman–Crippen LogP) is 3.71. The number of nitro groups is 1. The van der Waals surface area contributed by atoms with Gasteiger partial charge in [-0.25, -0.2) is 0 Å². The molecule has 1 spiro atoms. The summed E-state index contributed by atoms with van der Waals surface area (Å²) in [7, 11) is 0. The monoisotopic (exact) mass is 386 g/mol. The largest absolute Gasteiger partial charge is 0.326 e. The molecule has 3 unspecified atom stereocenters. The summed E-state index contributed by atoms with van der Waals surface area (Å²) in [4.78, 5) is 39.3. The third kappa shape index (κ3) is 1.88. The number of hydrogen-bond donors (Lipinski definition) is 0. The molecule has 1 saturated carbocycles. The van der Waals surface area contributed by atoms with Crippen LogP contribution in [0.15, 0.2) is 24.3 Å². The fraction of sp³-hybridized carbons (Fsp3) is 0.600. The Bertz CT molecular complexity index is 873. The number of benzene rings is 1. The van der Waals surface area contributed by atoms with E-state index in [0.717, 1.165) is 32.1 Å². The summed E-state index contributed by atoms with van der Waals surface area (Å²) >= 11 is 1.38. The van der Waals surface area contributed by atoms with Crippen LogP contribution in [0.2, 0.25) is 0 Å². The summed E-state index contributed by atoms with van der Waals surface area (Å²) in [5.74, 6) is -1.16.